The third-order valence-electron chi connectivity index (χ3n) is 2.83. The molecular weight excluding hydrogens is 247 g/mol. The van der Waals surface area contributed by atoms with Crippen LogP contribution in [-0.2, 0) is 4.74 Å². The summed E-state index contributed by atoms with van der Waals surface area (Å²) in [6.07, 6.45) is -5.90. The number of hydrogen-bond donors (Lipinski definition) is 3. The normalized spacial score (nSPS) is 33.6. The molecule has 1 aromatic rings. The summed E-state index contributed by atoms with van der Waals surface area (Å²) in [6.45, 7) is 1.35. The van der Waals surface area contributed by atoms with Crippen molar-refractivity contribution in [2.75, 3.05) is 0 Å². The van der Waals surface area contributed by atoms with Gasteiger partial charge in [0.1, 0.15) is 12.2 Å². The summed E-state index contributed by atoms with van der Waals surface area (Å²) in [7, 11) is 0. The van der Waals surface area contributed by atoms with Gasteiger partial charge in [-0.25, -0.2) is 9.18 Å². The lowest BCUT2D eigenvalue weighted by atomic mass is 10.1. The SMILES string of the molecule is C[C@H](O)C1O[C@@H](n2ccc(=O)[nH]c2=O)[C@H](F)[C@@H]1O. The first kappa shape index (κ1) is 12.9. The number of aromatic amines is 1. The number of ether oxygens (including phenoxy) is 1. The fraction of sp³-hybridized carbons (Fsp3) is 0.600. The molecule has 0 aliphatic carbocycles. The van der Waals surface area contributed by atoms with Gasteiger partial charge >= 0.3 is 5.69 Å². The molecule has 0 aromatic carbocycles. The predicted molar refractivity (Wildman–Crippen MR) is 57.8 cm³/mol. The van der Waals surface area contributed by atoms with Crippen LogP contribution in [0.2, 0.25) is 0 Å². The van der Waals surface area contributed by atoms with Gasteiger partial charge in [0.05, 0.1) is 6.10 Å². The third kappa shape index (κ3) is 2.09. The van der Waals surface area contributed by atoms with E-state index in [2.05, 4.69) is 0 Å². The van der Waals surface area contributed by atoms with E-state index in [9.17, 15) is 24.2 Å². The van der Waals surface area contributed by atoms with Crippen LogP contribution >= 0.6 is 0 Å². The van der Waals surface area contributed by atoms with Crippen LogP contribution in [0.5, 0.6) is 0 Å². The number of halogens is 1. The zero-order valence-corrected chi connectivity index (χ0v) is 9.49. The monoisotopic (exact) mass is 260 g/mol. The molecular formula is C10H13FN2O5. The average molecular weight is 260 g/mol. The molecule has 1 saturated heterocycles. The highest BCUT2D eigenvalue weighted by atomic mass is 19.1. The van der Waals surface area contributed by atoms with Gasteiger partial charge < -0.3 is 14.9 Å². The second-order valence-electron chi connectivity index (χ2n) is 4.18. The van der Waals surface area contributed by atoms with E-state index >= 15 is 0 Å². The molecule has 0 amide bonds. The summed E-state index contributed by atoms with van der Waals surface area (Å²) in [5, 5.41) is 18.9. The van der Waals surface area contributed by atoms with E-state index in [1.807, 2.05) is 4.98 Å². The van der Waals surface area contributed by atoms with Crippen molar-refractivity contribution in [1.82, 2.24) is 9.55 Å². The van der Waals surface area contributed by atoms with Gasteiger partial charge in [0.2, 0.25) is 0 Å². The van der Waals surface area contributed by atoms with E-state index in [1.165, 1.54) is 6.92 Å². The van der Waals surface area contributed by atoms with Gasteiger partial charge in [0.15, 0.2) is 12.4 Å². The molecule has 1 fully saturated rings. The standard InChI is InChI=1S/C10H13FN2O5/c1-4(14)8-7(16)6(11)9(18-8)13-3-2-5(15)12-10(13)17/h2-4,6-9,14,16H,1H3,(H,12,15,17)/t4-,6+,7-,8?,9+/m0/s1. The highest BCUT2D eigenvalue weighted by molar-refractivity contribution is 4.94. The third-order valence-corrected chi connectivity index (χ3v) is 2.83. The molecule has 18 heavy (non-hydrogen) atoms. The lowest BCUT2D eigenvalue weighted by molar-refractivity contribution is -0.0784. The molecule has 1 unspecified atom stereocenters. The number of rotatable bonds is 2. The molecule has 0 radical (unpaired) electrons. The molecule has 7 nitrogen and oxygen atoms in total. The number of aromatic nitrogens is 2. The Labute approximate surface area is 100 Å². The van der Waals surface area contributed by atoms with Crippen molar-refractivity contribution in [3.63, 3.8) is 0 Å². The zero-order chi connectivity index (χ0) is 13.4. The van der Waals surface area contributed by atoms with Crippen molar-refractivity contribution in [2.24, 2.45) is 0 Å². The molecule has 0 spiro atoms. The summed E-state index contributed by atoms with van der Waals surface area (Å²) >= 11 is 0. The Hall–Kier alpha value is -1.51. The van der Waals surface area contributed by atoms with E-state index in [0.29, 0.717) is 0 Å². The Morgan fingerprint density at radius 2 is 2.22 bits per heavy atom. The minimum Gasteiger partial charge on any atom is -0.391 e. The molecule has 1 aliphatic heterocycles. The van der Waals surface area contributed by atoms with E-state index in [1.54, 1.807) is 0 Å². The Kier molecular flexibility index (Phi) is 3.33. The van der Waals surface area contributed by atoms with Crippen LogP contribution in [0, 0.1) is 0 Å². The summed E-state index contributed by atoms with van der Waals surface area (Å²) < 4.78 is 19.8. The Bertz CT molecular complexity index is 540. The maximum absolute atomic E-state index is 13.8. The van der Waals surface area contributed by atoms with Crippen LogP contribution in [0.4, 0.5) is 4.39 Å². The van der Waals surface area contributed by atoms with Gasteiger partial charge in [-0.15, -0.1) is 0 Å². The van der Waals surface area contributed by atoms with Crippen molar-refractivity contribution in [3.05, 3.63) is 33.1 Å². The molecule has 5 atom stereocenters. The number of nitrogens with zero attached hydrogens (tertiary/aromatic N) is 1. The topological polar surface area (TPSA) is 105 Å². The number of nitrogens with one attached hydrogen (secondary N) is 1. The number of aliphatic hydroxyl groups excluding tert-OH is 2. The maximum Gasteiger partial charge on any atom is 0.330 e. The first-order valence-electron chi connectivity index (χ1n) is 5.39. The molecule has 3 N–H and O–H groups in total. The van der Waals surface area contributed by atoms with Gasteiger partial charge in [0.25, 0.3) is 5.56 Å². The predicted octanol–water partition coefficient (Wildman–Crippen LogP) is -1.49. The van der Waals surface area contributed by atoms with Crippen molar-refractivity contribution in [1.29, 1.82) is 0 Å². The molecule has 1 aliphatic rings. The summed E-state index contributed by atoms with van der Waals surface area (Å²) in [5.74, 6) is 0. The molecule has 100 valence electrons. The van der Waals surface area contributed by atoms with Crippen molar-refractivity contribution in [2.45, 2.75) is 37.6 Å². The molecule has 8 heteroatoms. The first-order chi connectivity index (χ1) is 8.41. The molecule has 2 rings (SSSR count). The first-order valence-corrected chi connectivity index (χ1v) is 5.39. The molecule has 2 heterocycles. The van der Waals surface area contributed by atoms with Crippen LogP contribution in [-0.4, -0.2) is 44.2 Å². The van der Waals surface area contributed by atoms with Gasteiger partial charge in [-0.3, -0.25) is 14.3 Å². The number of aliphatic hydroxyl groups is 2. The van der Waals surface area contributed by atoms with E-state index in [4.69, 9.17) is 4.74 Å². The van der Waals surface area contributed by atoms with Crippen LogP contribution in [0.25, 0.3) is 0 Å². The fourth-order valence-electron chi connectivity index (χ4n) is 1.91. The molecule has 0 saturated carbocycles. The zero-order valence-electron chi connectivity index (χ0n) is 9.49. The van der Waals surface area contributed by atoms with Crippen LogP contribution in [0.3, 0.4) is 0 Å². The largest absolute Gasteiger partial charge is 0.391 e. The summed E-state index contributed by atoms with van der Waals surface area (Å²) in [5.41, 5.74) is -1.45. The lowest BCUT2D eigenvalue weighted by Gasteiger charge is -2.17. The van der Waals surface area contributed by atoms with E-state index in [0.717, 1.165) is 16.8 Å². The Morgan fingerprint density at radius 3 is 2.72 bits per heavy atom. The van der Waals surface area contributed by atoms with Crippen molar-refractivity contribution in [3.8, 4) is 0 Å². The average Bonchev–Trinajstić information content (AvgIpc) is 2.57. The number of hydrogen-bond acceptors (Lipinski definition) is 5. The fourth-order valence-corrected chi connectivity index (χ4v) is 1.91. The molecule has 1 aromatic heterocycles. The van der Waals surface area contributed by atoms with Crippen LogP contribution in [0.15, 0.2) is 21.9 Å². The Morgan fingerprint density at radius 1 is 1.56 bits per heavy atom. The maximum atomic E-state index is 13.8. The van der Waals surface area contributed by atoms with E-state index in [-0.39, 0.29) is 0 Å². The molecule has 0 bridgehead atoms. The van der Waals surface area contributed by atoms with E-state index < -0.39 is 42.0 Å². The van der Waals surface area contributed by atoms with Gasteiger partial charge in [-0.1, -0.05) is 0 Å². The number of H-pyrrole nitrogens is 1. The second-order valence-corrected chi connectivity index (χ2v) is 4.18. The summed E-state index contributed by atoms with van der Waals surface area (Å²) in [6, 6.07) is 1.04. The van der Waals surface area contributed by atoms with Crippen molar-refractivity contribution < 1.29 is 19.3 Å². The van der Waals surface area contributed by atoms with Gasteiger partial charge in [-0.2, -0.15) is 0 Å². The van der Waals surface area contributed by atoms with Gasteiger partial charge in [-0.05, 0) is 6.92 Å². The van der Waals surface area contributed by atoms with Crippen molar-refractivity contribution >= 4 is 0 Å². The summed E-state index contributed by atoms with van der Waals surface area (Å²) in [4.78, 5) is 24.3. The Balaban J connectivity index is 2.35. The highest BCUT2D eigenvalue weighted by Crippen LogP contribution is 2.32. The minimum atomic E-state index is -1.87. The minimum absolute atomic E-state index is 0.614. The smallest absolute Gasteiger partial charge is 0.330 e. The van der Waals surface area contributed by atoms with Crippen LogP contribution < -0.4 is 11.2 Å². The van der Waals surface area contributed by atoms with Crippen LogP contribution in [0.1, 0.15) is 13.2 Å². The number of alkyl halides is 1. The quantitative estimate of drug-likeness (QED) is 0.601. The lowest BCUT2D eigenvalue weighted by Crippen LogP contribution is -2.36. The second kappa shape index (κ2) is 4.63. The van der Waals surface area contributed by atoms with Gasteiger partial charge in [0, 0.05) is 12.3 Å². The highest BCUT2D eigenvalue weighted by Gasteiger charge is 2.47.